The van der Waals surface area contributed by atoms with E-state index in [1.54, 1.807) is 10.6 Å². The molecule has 9 aromatic rings. The van der Waals surface area contributed by atoms with E-state index in [-0.39, 0.29) is 41.4 Å². The molecule has 0 spiro atoms. The number of aliphatic imine (C=N–C) groups is 1. The highest BCUT2D eigenvalue weighted by Gasteiger charge is 2.40. The van der Waals surface area contributed by atoms with Crippen molar-refractivity contribution in [1.29, 1.82) is 0 Å². The van der Waals surface area contributed by atoms with Gasteiger partial charge in [-0.2, -0.15) is 0 Å². The van der Waals surface area contributed by atoms with Crippen molar-refractivity contribution >= 4 is 282 Å². The van der Waals surface area contributed by atoms with Gasteiger partial charge in [-0.15, -0.1) is 125 Å². The monoisotopic (exact) mass is 2010 g/mol. The number of benzene rings is 4. The quantitative estimate of drug-likeness (QED) is 0.0699. The maximum absolute atomic E-state index is 5.72. The minimum atomic E-state index is -0.584. The minimum absolute atomic E-state index is 0.210. The third-order valence-corrected chi connectivity index (χ3v) is 84.7. The smallest absolute Gasteiger partial charge is 0.0541 e. The van der Waals surface area contributed by atoms with Gasteiger partial charge in [0.1, 0.15) is 0 Å². The number of H-pyrrole nitrogens is 4. The van der Waals surface area contributed by atoms with Crippen LogP contribution in [0.1, 0.15) is 202 Å². The van der Waals surface area contributed by atoms with Crippen LogP contribution in [0.2, 0.25) is 0 Å². The van der Waals surface area contributed by atoms with Crippen LogP contribution >= 0.6 is 199 Å². The average molecular weight is 2010 g/mol. The maximum Gasteiger partial charge on any atom is 0.0541 e. The van der Waals surface area contributed by atoms with Crippen LogP contribution in [0, 0.1) is 115 Å². The van der Waals surface area contributed by atoms with Crippen LogP contribution in [0.15, 0.2) is 88.3 Å². The summed E-state index contributed by atoms with van der Waals surface area (Å²) in [7, 11) is 43.3. The zero-order chi connectivity index (χ0) is 86.2. The van der Waals surface area contributed by atoms with Gasteiger partial charge in [-0.25, -0.2) is 0 Å². The van der Waals surface area contributed by atoms with Gasteiger partial charge < -0.3 is 25.3 Å². The number of nitrogens with zero attached hydrogens (tertiary/aromatic N) is 3. The topological polar surface area (TPSA) is 113 Å². The summed E-state index contributed by atoms with van der Waals surface area (Å²) in [5.74, 6) is 1.59. The van der Waals surface area contributed by atoms with Gasteiger partial charge in [0, 0.05) is 158 Å². The molecule has 10 heterocycles. The summed E-state index contributed by atoms with van der Waals surface area (Å²) in [4.78, 5) is 32.9. The minimum Gasteiger partial charge on any atom is -0.358 e. The SMILES string of the molecule is CC1=C2N/C(=C\c3ccc([nH]3)\C(c3c(C)c(C)c(P(P)P)c(P(P)PP)c3P(P)P(P)P)=C3/N=C(\C=c4\cc/c([nH]4)=C/2c2c(C)c(C)c(C)c(C)c2C)C(C)C3C)C1C.Cc1c(C)c(C)c(-c2c3nc(cc4ccc([nH]4)c(-c4c(C)c(C)c(P(P)P)c(P(P)PP)c4P(P)P(P)P)c4nc(cc5ccc2[nH]5)C(C)C4C)C(C)C3C)c(C)c1C. The van der Waals surface area contributed by atoms with Gasteiger partial charge in [0.25, 0.3) is 0 Å². The molecule has 32 heteroatoms. The zero-order valence-corrected chi connectivity index (χ0v) is 97.3. The molecule has 0 saturated heterocycles. The highest BCUT2D eigenvalue weighted by atomic mass is 32.8. The summed E-state index contributed by atoms with van der Waals surface area (Å²) in [5.41, 5.74) is 46.7. The summed E-state index contributed by atoms with van der Waals surface area (Å²) in [5, 5.41) is 15.5. The lowest BCUT2D eigenvalue weighted by molar-refractivity contribution is 0.590. The molecule has 8 nitrogen and oxygen atoms in total. The van der Waals surface area contributed by atoms with E-state index >= 15 is 0 Å². The van der Waals surface area contributed by atoms with Crippen LogP contribution in [0.25, 0.3) is 67.6 Å². The molecule has 5 aromatic heterocycles. The van der Waals surface area contributed by atoms with E-state index in [4.69, 9.17) is 15.0 Å². The molecular formula is C86H120N8P24. The zero-order valence-electron chi connectivity index (χ0n) is 72.0. The number of aromatic nitrogens is 6. The predicted molar refractivity (Wildman–Crippen MR) is 603 cm³/mol. The summed E-state index contributed by atoms with van der Waals surface area (Å²) >= 11 is 0. The molecule has 27 atom stereocenters. The molecule has 0 radical (unpaired) electrons. The summed E-state index contributed by atoms with van der Waals surface area (Å²) in [6.45, 7) is 50.3. The maximum atomic E-state index is 5.72. The van der Waals surface area contributed by atoms with Gasteiger partial charge in [0.2, 0.25) is 0 Å². The van der Waals surface area contributed by atoms with Crippen LogP contribution in [-0.4, -0.2) is 35.6 Å². The van der Waals surface area contributed by atoms with E-state index < -0.39 is 57.8 Å². The largest absolute Gasteiger partial charge is 0.358 e. The van der Waals surface area contributed by atoms with Gasteiger partial charge in [0.05, 0.1) is 17.1 Å². The van der Waals surface area contributed by atoms with Crippen LogP contribution in [-0.2, 0) is 0 Å². The van der Waals surface area contributed by atoms with Gasteiger partial charge in [-0.1, -0.05) is 64.4 Å². The lowest BCUT2D eigenvalue weighted by atomic mass is 9.83. The summed E-state index contributed by atoms with van der Waals surface area (Å²) in [6, 6.07) is 22.9. The normalized spacial score (nSPS) is 21.8. The molecule has 0 fully saturated rings. The van der Waals surface area contributed by atoms with Gasteiger partial charge >= 0.3 is 0 Å². The first-order chi connectivity index (χ1) is 55.6. The molecule has 4 aromatic carbocycles. The van der Waals surface area contributed by atoms with Crippen LogP contribution < -0.4 is 47.8 Å². The molecule has 118 heavy (non-hydrogen) atoms. The first-order valence-electron chi connectivity index (χ1n) is 39.8. The van der Waals surface area contributed by atoms with Crippen molar-refractivity contribution in [2.75, 3.05) is 0 Å². The van der Waals surface area contributed by atoms with Crippen molar-refractivity contribution in [3.63, 3.8) is 0 Å². The number of hydrogen-bond acceptors (Lipinski definition) is 4. The molecule has 5 aliphatic heterocycles. The summed E-state index contributed by atoms with van der Waals surface area (Å²) in [6.07, 6.45) is 4.66. The lowest BCUT2D eigenvalue weighted by Gasteiger charge is -2.33. The third kappa shape index (κ3) is 18.0. The number of rotatable bonds is 14. The van der Waals surface area contributed by atoms with E-state index in [0.717, 1.165) is 82.9 Å². The van der Waals surface area contributed by atoms with Crippen molar-refractivity contribution in [2.45, 2.75) is 176 Å². The first kappa shape index (κ1) is 96.9. The molecule has 27 unspecified atom stereocenters. The summed E-state index contributed by atoms with van der Waals surface area (Å²) < 4.78 is 0. The van der Waals surface area contributed by atoms with E-state index in [1.165, 1.54) is 172 Å². The average Bonchev–Trinajstić information content (AvgIpc) is 1.19. The fourth-order valence-electron chi connectivity index (χ4n) is 18.0. The Morgan fingerprint density at radius 1 is 0.373 bits per heavy atom. The Kier molecular flexibility index (Phi) is 32.3. The fraction of sp³-hybridized carbons (Fsp3) is 0.337. The number of allylic oxidation sites excluding steroid dienone is 3. The van der Waals surface area contributed by atoms with E-state index in [0.29, 0.717) is 0 Å². The van der Waals surface area contributed by atoms with Crippen LogP contribution in [0.5, 0.6) is 0 Å². The Morgan fingerprint density at radius 3 is 1.26 bits per heavy atom. The standard InChI is InChI=1S/2C43H60N4P12/c2*1-18-19(2)23(6)35(24(7)20(18)3)37-31-14-12-29(44-31)16-34-22(5)27(10)40(47-34)38(32-15-13-30(45-32)17-33-21(4)26(9)39(37)46-33)36-25(8)28(11)41(56(49)50)43(57(51)55-48)42(36)58(52)59(53)54/h12-17,21-22,27,44-46,55H,48-54H2,1-11H3;12-17,21-22,26-27,44-45,55H,48-54H2,1-11H3/b29-16-,33-17-,37-31-,40-38+;. The lowest BCUT2D eigenvalue weighted by Crippen LogP contribution is -2.36. The Morgan fingerprint density at radius 2 is 0.805 bits per heavy atom. The number of hydrogen-bond donors (Lipinski definition) is 5. The molecule has 5 N–H and O–H groups in total. The van der Waals surface area contributed by atoms with E-state index in [1.807, 2.05) is 0 Å². The Bertz CT molecular complexity index is 6000. The molecule has 624 valence electrons. The second kappa shape index (κ2) is 39.4. The number of nitrogens with one attached hydrogen (secondary N) is 5. The molecule has 0 aliphatic carbocycles. The number of fused-ring (bicyclic) bond motifs is 15. The molecular weight excluding hydrogens is 1890 g/mol. The fourth-order valence-corrected chi connectivity index (χ4v) is 49.6. The molecule has 0 saturated carbocycles. The second-order valence-corrected chi connectivity index (χ2v) is 94.1. The van der Waals surface area contributed by atoms with Crippen LogP contribution in [0.3, 0.4) is 0 Å². The van der Waals surface area contributed by atoms with Gasteiger partial charge in [-0.05, 0) is 351 Å². The van der Waals surface area contributed by atoms with Crippen molar-refractivity contribution in [3.8, 4) is 22.3 Å². The van der Waals surface area contributed by atoms with Crippen LogP contribution in [0.4, 0.5) is 0 Å². The Hall–Kier alpha value is 1.31. The first-order valence-corrected chi connectivity index (χ1v) is 78.6. The third-order valence-electron chi connectivity index (χ3n) is 26.8. The van der Waals surface area contributed by atoms with E-state index in [2.05, 4.69) is 375 Å². The van der Waals surface area contributed by atoms with Gasteiger partial charge in [0.15, 0.2) is 0 Å². The molecule has 14 rings (SSSR count). The predicted octanol–water partition coefficient (Wildman–Crippen LogP) is 27.8. The molecule has 5 aliphatic rings. The van der Waals surface area contributed by atoms with Crippen molar-refractivity contribution in [1.82, 2.24) is 35.2 Å². The number of aromatic amines is 4. The second-order valence-electron chi connectivity index (χ2n) is 32.8. The highest BCUT2D eigenvalue weighted by Crippen LogP contribution is 2.85. The van der Waals surface area contributed by atoms with Crippen molar-refractivity contribution < 1.29 is 0 Å². The Balaban J connectivity index is 0.000000205. The van der Waals surface area contributed by atoms with Crippen molar-refractivity contribution in [3.05, 3.63) is 217 Å². The molecule has 16 bridgehead atoms. The highest BCUT2D eigenvalue weighted by molar-refractivity contribution is 8.84. The molecule has 0 amide bonds. The van der Waals surface area contributed by atoms with Gasteiger partial charge in [-0.3, -0.25) is 15.0 Å². The Labute approximate surface area is 748 Å². The van der Waals surface area contributed by atoms with E-state index in [9.17, 15) is 0 Å². The van der Waals surface area contributed by atoms with Crippen molar-refractivity contribution in [2.24, 2.45) is 22.7 Å².